The van der Waals surface area contributed by atoms with Crippen LogP contribution >= 0.6 is 0 Å². The van der Waals surface area contributed by atoms with E-state index >= 15 is 0 Å². The Kier molecular flexibility index (Phi) is 5.40. The molecule has 1 fully saturated rings. The van der Waals surface area contributed by atoms with E-state index in [1.165, 1.54) is 38.3 Å². The molecule has 2 heterocycles. The summed E-state index contributed by atoms with van der Waals surface area (Å²) in [6.07, 6.45) is 6.62. The average molecular weight is 264 g/mol. The van der Waals surface area contributed by atoms with Crippen molar-refractivity contribution in [2.75, 3.05) is 19.6 Å². The van der Waals surface area contributed by atoms with Crippen molar-refractivity contribution in [1.82, 2.24) is 19.8 Å². The predicted molar refractivity (Wildman–Crippen MR) is 79.0 cm³/mol. The van der Waals surface area contributed by atoms with Crippen LogP contribution < -0.4 is 5.32 Å². The van der Waals surface area contributed by atoms with Gasteiger partial charge in [-0.05, 0) is 52.6 Å². The van der Waals surface area contributed by atoms with Crippen LogP contribution in [0.5, 0.6) is 0 Å². The fourth-order valence-electron chi connectivity index (χ4n) is 2.82. The fraction of sp³-hybridized carbons (Fsp3) is 0.800. The molecule has 108 valence electrons. The van der Waals surface area contributed by atoms with Gasteiger partial charge in [-0.25, -0.2) is 4.98 Å². The molecule has 0 bridgehead atoms. The molecule has 0 aliphatic carbocycles. The SMILES string of the molecule is CCn1ccnc1CN(CC1CCNCC1)C(C)C. The Balaban J connectivity index is 1.95. The number of rotatable bonds is 6. The first-order valence-corrected chi connectivity index (χ1v) is 7.65. The predicted octanol–water partition coefficient (Wildman–Crippen LogP) is 2.11. The normalized spacial score (nSPS) is 17.5. The molecular formula is C15H28N4. The molecule has 0 spiro atoms. The molecule has 0 radical (unpaired) electrons. The van der Waals surface area contributed by atoms with Crippen molar-refractivity contribution >= 4 is 0 Å². The third-order valence-corrected chi connectivity index (χ3v) is 4.17. The summed E-state index contributed by atoms with van der Waals surface area (Å²) in [5, 5.41) is 3.45. The Morgan fingerprint density at radius 3 is 2.79 bits per heavy atom. The van der Waals surface area contributed by atoms with Gasteiger partial charge in [0.1, 0.15) is 5.82 Å². The van der Waals surface area contributed by atoms with E-state index in [0.29, 0.717) is 6.04 Å². The molecule has 0 unspecified atom stereocenters. The maximum absolute atomic E-state index is 4.51. The van der Waals surface area contributed by atoms with Gasteiger partial charge in [0.15, 0.2) is 0 Å². The number of piperidine rings is 1. The van der Waals surface area contributed by atoms with Crippen molar-refractivity contribution < 1.29 is 0 Å². The molecular weight excluding hydrogens is 236 g/mol. The Hall–Kier alpha value is -0.870. The van der Waals surface area contributed by atoms with Gasteiger partial charge in [0.25, 0.3) is 0 Å². The van der Waals surface area contributed by atoms with Crippen LogP contribution in [-0.2, 0) is 13.1 Å². The number of hydrogen-bond donors (Lipinski definition) is 1. The Labute approximate surface area is 117 Å². The molecule has 1 N–H and O–H groups in total. The highest BCUT2D eigenvalue weighted by Gasteiger charge is 2.20. The number of hydrogen-bond acceptors (Lipinski definition) is 3. The molecule has 4 nitrogen and oxygen atoms in total. The highest BCUT2D eigenvalue weighted by Crippen LogP contribution is 2.17. The fourth-order valence-corrected chi connectivity index (χ4v) is 2.82. The molecule has 2 rings (SSSR count). The first-order chi connectivity index (χ1) is 9.20. The summed E-state index contributed by atoms with van der Waals surface area (Å²) in [6.45, 7) is 12.3. The highest BCUT2D eigenvalue weighted by molar-refractivity contribution is 4.93. The lowest BCUT2D eigenvalue weighted by atomic mass is 9.97. The maximum Gasteiger partial charge on any atom is 0.122 e. The zero-order valence-electron chi connectivity index (χ0n) is 12.6. The van der Waals surface area contributed by atoms with Crippen molar-refractivity contribution in [2.45, 2.75) is 52.7 Å². The third-order valence-electron chi connectivity index (χ3n) is 4.17. The zero-order valence-corrected chi connectivity index (χ0v) is 12.6. The van der Waals surface area contributed by atoms with Crippen LogP contribution in [0.25, 0.3) is 0 Å². The zero-order chi connectivity index (χ0) is 13.7. The summed E-state index contributed by atoms with van der Waals surface area (Å²) in [4.78, 5) is 7.09. The minimum Gasteiger partial charge on any atom is -0.334 e. The Morgan fingerprint density at radius 2 is 2.16 bits per heavy atom. The van der Waals surface area contributed by atoms with E-state index in [1.54, 1.807) is 0 Å². The van der Waals surface area contributed by atoms with Gasteiger partial charge in [0.05, 0.1) is 6.54 Å². The van der Waals surface area contributed by atoms with E-state index in [2.05, 4.69) is 46.7 Å². The standard InChI is InChI=1S/C15H28N4/c1-4-18-10-9-17-15(18)12-19(13(2)3)11-14-5-7-16-8-6-14/h9-10,13-14,16H,4-8,11-12H2,1-3H3. The highest BCUT2D eigenvalue weighted by atomic mass is 15.2. The molecule has 0 atom stereocenters. The molecule has 0 saturated carbocycles. The van der Waals surface area contributed by atoms with Crippen LogP contribution in [0.2, 0.25) is 0 Å². The lowest BCUT2D eigenvalue weighted by Gasteiger charge is -2.32. The molecule has 1 aliphatic rings. The summed E-state index contributed by atoms with van der Waals surface area (Å²) in [5.41, 5.74) is 0. The minimum atomic E-state index is 0.580. The van der Waals surface area contributed by atoms with E-state index in [-0.39, 0.29) is 0 Å². The van der Waals surface area contributed by atoms with Crippen molar-refractivity contribution in [3.05, 3.63) is 18.2 Å². The van der Waals surface area contributed by atoms with Crippen molar-refractivity contribution in [3.63, 3.8) is 0 Å². The van der Waals surface area contributed by atoms with Gasteiger partial charge in [0, 0.05) is 31.5 Å². The lowest BCUT2D eigenvalue weighted by molar-refractivity contribution is 0.156. The Morgan fingerprint density at radius 1 is 1.42 bits per heavy atom. The molecule has 1 aliphatic heterocycles. The van der Waals surface area contributed by atoms with Crippen LogP contribution in [0.4, 0.5) is 0 Å². The number of aryl methyl sites for hydroxylation is 1. The molecule has 0 aromatic carbocycles. The topological polar surface area (TPSA) is 33.1 Å². The Bertz CT molecular complexity index is 366. The largest absolute Gasteiger partial charge is 0.334 e. The number of nitrogens with one attached hydrogen (secondary N) is 1. The van der Waals surface area contributed by atoms with Crippen LogP contribution in [0, 0.1) is 5.92 Å². The van der Waals surface area contributed by atoms with Crippen molar-refractivity contribution in [2.24, 2.45) is 5.92 Å². The second kappa shape index (κ2) is 7.06. The second-order valence-electron chi connectivity index (χ2n) is 5.85. The minimum absolute atomic E-state index is 0.580. The van der Waals surface area contributed by atoms with Gasteiger partial charge in [-0.3, -0.25) is 4.90 Å². The summed E-state index contributed by atoms with van der Waals surface area (Å²) < 4.78 is 2.25. The van der Waals surface area contributed by atoms with E-state index in [4.69, 9.17) is 0 Å². The van der Waals surface area contributed by atoms with Crippen molar-refractivity contribution in [1.29, 1.82) is 0 Å². The summed E-state index contributed by atoms with van der Waals surface area (Å²) in [7, 11) is 0. The van der Waals surface area contributed by atoms with Gasteiger partial charge in [-0.2, -0.15) is 0 Å². The smallest absolute Gasteiger partial charge is 0.122 e. The van der Waals surface area contributed by atoms with Crippen LogP contribution in [-0.4, -0.2) is 40.1 Å². The molecule has 1 aromatic rings. The van der Waals surface area contributed by atoms with Crippen molar-refractivity contribution in [3.8, 4) is 0 Å². The van der Waals surface area contributed by atoms with Crippen LogP contribution in [0.1, 0.15) is 39.4 Å². The van der Waals surface area contributed by atoms with Gasteiger partial charge < -0.3 is 9.88 Å². The van der Waals surface area contributed by atoms with Gasteiger partial charge in [0.2, 0.25) is 0 Å². The first-order valence-electron chi connectivity index (χ1n) is 7.65. The number of aromatic nitrogens is 2. The van der Waals surface area contributed by atoms with Gasteiger partial charge in [-0.1, -0.05) is 0 Å². The summed E-state index contributed by atoms with van der Waals surface area (Å²) >= 11 is 0. The monoisotopic (exact) mass is 264 g/mol. The summed E-state index contributed by atoms with van der Waals surface area (Å²) in [5.74, 6) is 2.04. The number of nitrogens with zero attached hydrogens (tertiary/aromatic N) is 3. The lowest BCUT2D eigenvalue weighted by Crippen LogP contribution is -2.39. The maximum atomic E-state index is 4.51. The van der Waals surface area contributed by atoms with Crippen LogP contribution in [0.15, 0.2) is 12.4 Å². The van der Waals surface area contributed by atoms with E-state index in [1.807, 2.05) is 6.20 Å². The first kappa shape index (κ1) is 14.5. The quantitative estimate of drug-likeness (QED) is 0.854. The van der Waals surface area contributed by atoms with E-state index in [0.717, 1.165) is 19.0 Å². The second-order valence-corrected chi connectivity index (χ2v) is 5.85. The molecule has 0 amide bonds. The average Bonchev–Trinajstić information content (AvgIpc) is 2.86. The number of imidazole rings is 1. The van der Waals surface area contributed by atoms with E-state index < -0.39 is 0 Å². The van der Waals surface area contributed by atoms with Crippen LogP contribution in [0.3, 0.4) is 0 Å². The van der Waals surface area contributed by atoms with Gasteiger partial charge in [-0.15, -0.1) is 0 Å². The van der Waals surface area contributed by atoms with E-state index in [9.17, 15) is 0 Å². The third kappa shape index (κ3) is 4.05. The van der Waals surface area contributed by atoms with Gasteiger partial charge >= 0.3 is 0 Å². The molecule has 19 heavy (non-hydrogen) atoms. The molecule has 4 heteroatoms. The molecule has 1 saturated heterocycles. The summed E-state index contributed by atoms with van der Waals surface area (Å²) in [6, 6.07) is 0.580. The molecule has 1 aromatic heterocycles.